The minimum Gasteiger partial charge on any atom is -0.444 e. The molecule has 1 saturated heterocycles. The Morgan fingerprint density at radius 2 is 2.00 bits per heavy atom. The second-order valence-corrected chi connectivity index (χ2v) is 11.9. The first-order chi connectivity index (χ1) is 18.1. The first-order valence-electron chi connectivity index (χ1n) is 13.9. The van der Waals surface area contributed by atoms with Gasteiger partial charge in [0.1, 0.15) is 5.60 Å². The summed E-state index contributed by atoms with van der Waals surface area (Å²) in [7, 11) is 1.72. The number of aryl methyl sites for hydroxylation is 1. The summed E-state index contributed by atoms with van der Waals surface area (Å²) < 4.78 is 18.7. The van der Waals surface area contributed by atoms with Crippen molar-refractivity contribution in [3.8, 4) is 0 Å². The molecule has 0 bridgehead atoms. The van der Waals surface area contributed by atoms with Crippen LogP contribution < -0.4 is 0 Å². The Hall–Kier alpha value is -2.65. The lowest BCUT2D eigenvalue weighted by molar-refractivity contribution is -0.150. The van der Waals surface area contributed by atoms with Crippen LogP contribution in [0.25, 0.3) is 10.9 Å². The number of carbonyl (C=O) groups excluding carboxylic acids is 2. The van der Waals surface area contributed by atoms with E-state index in [-0.39, 0.29) is 18.5 Å². The number of nitrogens with zero attached hydrogens (tertiary/aromatic N) is 4. The summed E-state index contributed by atoms with van der Waals surface area (Å²) in [5.74, 6) is 0.453. The third kappa shape index (κ3) is 7.26. The van der Waals surface area contributed by atoms with Crippen molar-refractivity contribution in [2.45, 2.75) is 91.1 Å². The molecule has 1 atom stereocenters. The molecule has 0 radical (unpaired) electrons. The highest BCUT2D eigenvalue weighted by Crippen LogP contribution is 2.31. The highest BCUT2D eigenvalue weighted by Gasteiger charge is 2.39. The van der Waals surface area contributed by atoms with Crippen LogP contribution in [0.3, 0.4) is 0 Å². The maximum atomic E-state index is 13.7. The number of fused-ring (bicyclic) bond motifs is 1. The molecular formula is C29H44N4O5. The number of rotatable bonds is 10. The smallest absolute Gasteiger partial charge is 0.410 e. The summed E-state index contributed by atoms with van der Waals surface area (Å²) in [6, 6.07) is 6.65. The molecule has 2 fully saturated rings. The maximum Gasteiger partial charge on any atom is 0.410 e. The van der Waals surface area contributed by atoms with Crippen molar-refractivity contribution in [3.05, 3.63) is 29.5 Å². The molecule has 210 valence electrons. The predicted octanol–water partition coefficient (Wildman–Crippen LogP) is 4.40. The molecule has 2 heterocycles. The number of carbonyl (C=O) groups is 2. The van der Waals surface area contributed by atoms with E-state index in [0.29, 0.717) is 32.2 Å². The van der Waals surface area contributed by atoms with Crippen LogP contribution in [0.1, 0.15) is 65.1 Å². The van der Waals surface area contributed by atoms with Gasteiger partial charge in [-0.1, -0.05) is 26.0 Å². The van der Waals surface area contributed by atoms with Crippen molar-refractivity contribution in [1.82, 2.24) is 19.6 Å². The topological polar surface area (TPSA) is 86.1 Å². The summed E-state index contributed by atoms with van der Waals surface area (Å²) in [6.07, 6.45) is 2.71. The van der Waals surface area contributed by atoms with Crippen molar-refractivity contribution < 1.29 is 23.8 Å². The molecule has 1 aliphatic heterocycles. The molecule has 0 unspecified atom stereocenters. The molecular weight excluding hydrogens is 484 g/mol. The van der Waals surface area contributed by atoms with Gasteiger partial charge in [-0.05, 0) is 64.0 Å². The summed E-state index contributed by atoms with van der Waals surface area (Å²) in [5.41, 5.74) is 2.70. The molecule has 0 N–H and O–H groups in total. The number of hydrogen-bond donors (Lipinski definition) is 0. The lowest BCUT2D eigenvalue weighted by Gasteiger charge is -2.36. The van der Waals surface area contributed by atoms with Crippen LogP contribution in [-0.4, -0.2) is 82.7 Å². The highest BCUT2D eigenvalue weighted by atomic mass is 16.6. The van der Waals surface area contributed by atoms with Gasteiger partial charge in [-0.25, -0.2) is 4.79 Å². The van der Waals surface area contributed by atoms with Crippen LogP contribution in [0.4, 0.5) is 4.79 Å². The van der Waals surface area contributed by atoms with E-state index in [0.717, 1.165) is 49.0 Å². The van der Waals surface area contributed by atoms with Crippen LogP contribution in [0.15, 0.2) is 18.2 Å². The maximum absolute atomic E-state index is 13.7. The molecule has 2 aromatic rings. The van der Waals surface area contributed by atoms with E-state index in [9.17, 15) is 9.59 Å². The van der Waals surface area contributed by atoms with Gasteiger partial charge in [-0.2, -0.15) is 5.10 Å². The van der Waals surface area contributed by atoms with Crippen LogP contribution in [0, 0.1) is 5.92 Å². The van der Waals surface area contributed by atoms with Gasteiger partial charge in [0.2, 0.25) is 0 Å². The van der Waals surface area contributed by atoms with E-state index in [1.807, 2.05) is 25.7 Å². The molecule has 2 aliphatic rings. The van der Waals surface area contributed by atoms with Gasteiger partial charge in [0.25, 0.3) is 5.91 Å². The third-order valence-corrected chi connectivity index (χ3v) is 6.83. The van der Waals surface area contributed by atoms with Crippen molar-refractivity contribution in [2.24, 2.45) is 5.92 Å². The summed E-state index contributed by atoms with van der Waals surface area (Å²) in [5, 5.41) is 6.11. The molecule has 1 aliphatic carbocycles. The second-order valence-electron chi connectivity index (χ2n) is 11.9. The molecule has 1 aromatic heterocycles. The van der Waals surface area contributed by atoms with Crippen LogP contribution >= 0.6 is 0 Å². The van der Waals surface area contributed by atoms with Gasteiger partial charge >= 0.3 is 6.09 Å². The molecule has 1 aromatic carbocycles. The molecule has 4 rings (SSSR count). The Morgan fingerprint density at radius 1 is 1.24 bits per heavy atom. The van der Waals surface area contributed by atoms with Crippen LogP contribution in [-0.2, 0) is 38.5 Å². The van der Waals surface area contributed by atoms with Crippen LogP contribution in [0.2, 0.25) is 0 Å². The molecule has 9 nitrogen and oxygen atoms in total. The van der Waals surface area contributed by atoms with Gasteiger partial charge in [-0.15, -0.1) is 0 Å². The first kappa shape index (κ1) is 28.4. The Kier molecular flexibility index (Phi) is 8.98. The number of hydrogen-bond acceptors (Lipinski definition) is 6. The minimum atomic E-state index is -0.683. The quantitative estimate of drug-likeness (QED) is 0.425. The number of ether oxygens (including phenoxy) is 3. The molecule has 38 heavy (non-hydrogen) atoms. The zero-order valence-corrected chi connectivity index (χ0v) is 23.9. The lowest BCUT2D eigenvalue weighted by atomic mass is 10.0. The van der Waals surface area contributed by atoms with E-state index in [2.05, 4.69) is 36.7 Å². The fourth-order valence-electron chi connectivity index (χ4n) is 4.90. The Balaban J connectivity index is 1.51. The lowest BCUT2D eigenvalue weighted by Crippen LogP contribution is -2.53. The summed E-state index contributed by atoms with van der Waals surface area (Å²) in [4.78, 5) is 29.8. The number of methoxy groups -OCH3 is 1. The van der Waals surface area contributed by atoms with Gasteiger partial charge in [0.05, 0.1) is 24.4 Å². The van der Waals surface area contributed by atoms with Gasteiger partial charge in [0.15, 0.2) is 6.10 Å². The van der Waals surface area contributed by atoms with Gasteiger partial charge in [-0.3, -0.25) is 9.48 Å². The number of aromatic nitrogens is 2. The Morgan fingerprint density at radius 3 is 2.66 bits per heavy atom. The van der Waals surface area contributed by atoms with E-state index >= 15 is 0 Å². The van der Waals surface area contributed by atoms with Crippen molar-refractivity contribution in [1.29, 1.82) is 0 Å². The first-order valence-corrected chi connectivity index (χ1v) is 13.9. The van der Waals surface area contributed by atoms with Crippen molar-refractivity contribution in [3.63, 3.8) is 0 Å². The largest absolute Gasteiger partial charge is 0.444 e. The van der Waals surface area contributed by atoms with E-state index in [1.54, 1.807) is 12.0 Å². The van der Waals surface area contributed by atoms with E-state index in [1.165, 1.54) is 5.39 Å². The second kappa shape index (κ2) is 12.0. The normalized spacial score (nSPS) is 18.3. The standard InChI is InChI=1S/C29H44N4O5/c1-20(2)16-24-23-11-8-21(17-25(23)33(30-24)12-7-14-36-6)18-32(22-9-10-22)27(34)26-19-31(13-15-37-26)28(35)38-29(3,4)5/h8,11,17,20,22,26H,7,9-10,12-16,18-19H2,1-6H3/t26-/m1/s1. The zero-order valence-electron chi connectivity index (χ0n) is 23.9. The fraction of sp³-hybridized carbons (Fsp3) is 0.690. The van der Waals surface area contributed by atoms with Crippen molar-refractivity contribution >= 4 is 22.9 Å². The van der Waals surface area contributed by atoms with Gasteiger partial charge < -0.3 is 24.0 Å². The fourth-order valence-corrected chi connectivity index (χ4v) is 4.90. The van der Waals surface area contributed by atoms with Crippen LogP contribution in [0.5, 0.6) is 0 Å². The van der Waals surface area contributed by atoms with Crippen molar-refractivity contribution in [2.75, 3.05) is 33.4 Å². The Labute approximate surface area is 226 Å². The SMILES string of the molecule is COCCCn1nc(CC(C)C)c2ccc(CN(C(=O)[C@H]3CN(C(=O)OC(C)(C)C)CCO3)C3CC3)cc21. The average Bonchev–Trinajstić information content (AvgIpc) is 3.65. The minimum absolute atomic E-state index is 0.0602. The predicted molar refractivity (Wildman–Crippen MR) is 146 cm³/mol. The molecule has 1 saturated carbocycles. The zero-order chi connectivity index (χ0) is 27.4. The number of benzene rings is 1. The Bertz CT molecular complexity index is 1120. The number of amides is 2. The summed E-state index contributed by atoms with van der Waals surface area (Å²) >= 11 is 0. The monoisotopic (exact) mass is 528 g/mol. The van der Waals surface area contributed by atoms with Gasteiger partial charge in [0, 0.05) is 44.8 Å². The average molecular weight is 529 g/mol. The van der Waals surface area contributed by atoms with E-state index < -0.39 is 17.8 Å². The number of morpholine rings is 1. The molecule has 2 amide bonds. The molecule has 0 spiro atoms. The molecule has 9 heteroatoms. The third-order valence-electron chi connectivity index (χ3n) is 6.83. The highest BCUT2D eigenvalue weighted by molar-refractivity contribution is 5.84. The summed E-state index contributed by atoms with van der Waals surface area (Å²) in [6.45, 7) is 12.9. The van der Waals surface area contributed by atoms with E-state index in [4.69, 9.17) is 19.3 Å².